The maximum atomic E-state index is 13.0. The van der Waals surface area contributed by atoms with E-state index in [4.69, 9.17) is 14.2 Å². The van der Waals surface area contributed by atoms with Gasteiger partial charge in [0.2, 0.25) is 0 Å². The Balaban J connectivity index is 4.26. The van der Waals surface area contributed by atoms with Gasteiger partial charge in [-0.2, -0.15) is 0 Å². The molecule has 0 aromatic carbocycles. The van der Waals surface area contributed by atoms with Crippen molar-refractivity contribution in [3.63, 3.8) is 0 Å². The van der Waals surface area contributed by atoms with Crippen molar-refractivity contribution in [2.24, 2.45) is 0 Å². The minimum atomic E-state index is -0.778. The standard InChI is InChI=1S/C75H138O6/c1-4-7-10-13-16-19-22-25-28-30-32-34-35-36-37-38-39-41-42-44-47-50-53-56-59-62-65-68-74(77)80-71-72(70-79-73(76)67-64-61-58-55-52-49-46-27-24-21-18-15-12-9-6-3)81-75(78)69-66-63-60-57-54-51-48-45-43-40-33-31-29-26-23-20-17-14-11-8-5-2/h18,21-22,25,27,30,32,46,72H,4-17,19-20,23-24,26,28-29,31,33-45,47-71H2,1-3H3/b21-18-,25-22-,32-30-,46-27-. The fourth-order valence-corrected chi connectivity index (χ4v) is 10.9. The number of hydrogen-bond donors (Lipinski definition) is 0. The molecule has 6 heteroatoms. The quantitative estimate of drug-likeness (QED) is 0.0261. The third kappa shape index (κ3) is 68.0. The summed E-state index contributed by atoms with van der Waals surface area (Å²) in [6, 6.07) is 0. The van der Waals surface area contributed by atoms with Crippen LogP contribution in [0.2, 0.25) is 0 Å². The number of esters is 3. The van der Waals surface area contributed by atoms with E-state index in [-0.39, 0.29) is 31.1 Å². The van der Waals surface area contributed by atoms with Gasteiger partial charge in [0.1, 0.15) is 13.2 Å². The monoisotopic (exact) mass is 1140 g/mol. The molecule has 0 fully saturated rings. The van der Waals surface area contributed by atoms with E-state index in [0.717, 1.165) is 83.5 Å². The smallest absolute Gasteiger partial charge is 0.306 e. The van der Waals surface area contributed by atoms with E-state index in [1.807, 2.05) is 0 Å². The van der Waals surface area contributed by atoms with E-state index in [9.17, 15) is 14.4 Å². The number of hydrogen-bond acceptors (Lipinski definition) is 6. The molecule has 1 atom stereocenters. The van der Waals surface area contributed by atoms with Gasteiger partial charge in [0, 0.05) is 19.3 Å². The van der Waals surface area contributed by atoms with Crippen LogP contribution in [0.1, 0.15) is 393 Å². The van der Waals surface area contributed by atoms with Crippen molar-refractivity contribution in [1.29, 1.82) is 0 Å². The van der Waals surface area contributed by atoms with Crippen molar-refractivity contribution in [2.75, 3.05) is 13.2 Å². The molecule has 474 valence electrons. The largest absolute Gasteiger partial charge is 0.462 e. The van der Waals surface area contributed by atoms with Gasteiger partial charge >= 0.3 is 17.9 Å². The number of carbonyl (C=O) groups excluding carboxylic acids is 3. The number of allylic oxidation sites excluding steroid dienone is 8. The van der Waals surface area contributed by atoms with Crippen LogP contribution in [0.3, 0.4) is 0 Å². The number of rotatable bonds is 67. The van der Waals surface area contributed by atoms with E-state index >= 15 is 0 Å². The summed E-state index contributed by atoms with van der Waals surface area (Å²) in [7, 11) is 0. The molecule has 0 rings (SSSR count). The van der Waals surface area contributed by atoms with Crippen LogP contribution >= 0.6 is 0 Å². The molecule has 0 aromatic heterocycles. The Morgan fingerprint density at radius 3 is 0.704 bits per heavy atom. The summed E-state index contributed by atoms with van der Waals surface area (Å²) < 4.78 is 17.0. The van der Waals surface area contributed by atoms with Crippen LogP contribution < -0.4 is 0 Å². The predicted molar refractivity (Wildman–Crippen MR) is 353 cm³/mol. The van der Waals surface area contributed by atoms with Crippen LogP contribution in [0.15, 0.2) is 48.6 Å². The molecule has 81 heavy (non-hydrogen) atoms. The highest BCUT2D eigenvalue weighted by molar-refractivity contribution is 5.71. The Labute approximate surface area is 505 Å². The van der Waals surface area contributed by atoms with E-state index in [2.05, 4.69) is 69.4 Å². The summed E-state index contributed by atoms with van der Waals surface area (Å²) in [5.41, 5.74) is 0. The Morgan fingerprint density at radius 2 is 0.444 bits per heavy atom. The maximum absolute atomic E-state index is 13.0. The van der Waals surface area contributed by atoms with Crippen LogP contribution in [0.4, 0.5) is 0 Å². The van der Waals surface area contributed by atoms with Crippen molar-refractivity contribution in [1.82, 2.24) is 0 Å². The third-order valence-corrected chi connectivity index (χ3v) is 16.3. The Morgan fingerprint density at radius 1 is 0.247 bits per heavy atom. The molecule has 0 aromatic rings. The third-order valence-electron chi connectivity index (χ3n) is 16.3. The van der Waals surface area contributed by atoms with Gasteiger partial charge in [-0.15, -0.1) is 0 Å². The lowest BCUT2D eigenvalue weighted by atomic mass is 10.0. The zero-order chi connectivity index (χ0) is 58.5. The van der Waals surface area contributed by atoms with Gasteiger partial charge < -0.3 is 14.2 Å². The summed E-state index contributed by atoms with van der Waals surface area (Å²) in [6.07, 6.45) is 88.6. The molecule has 0 aliphatic rings. The van der Waals surface area contributed by atoms with Crippen molar-refractivity contribution in [2.45, 2.75) is 399 Å². The molecular weight excluding hydrogens is 997 g/mol. The predicted octanol–water partition coefficient (Wildman–Crippen LogP) is 24.9. The van der Waals surface area contributed by atoms with E-state index < -0.39 is 6.10 Å². The molecule has 1 unspecified atom stereocenters. The molecule has 0 heterocycles. The van der Waals surface area contributed by atoms with Gasteiger partial charge in [0.05, 0.1) is 0 Å². The van der Waals surface area contributed by atoms with Gasteiger partial charge in [0.25, 0.3) is 0 Å². The number of unbranched alkanes of at least 4 members (excludes halogenated alkanes) is 48. The van der Waals surface area contributed by atoms with Gasteiger partial charge in [-0.05, 0) is 83.5 Å². The van der Waals surface area contributed by atoms with Crippen molar-refractivity contribution >= 4 is 17.9 Å². The van der Waals surface area contributed by atoms with Crippen LogP contribution in [0.5, 0.6) is 0 Å². The van der Waals surface area contributed by atoms with Crippen LogP contribution in [0.25, 0.3) is 0 Å². The lowest BCUT2D eigenvalue weighted by Crippen LogP contribution is -2.30. The first kappa shape index (κ1) is 78.4. The van der Waals surface area contributed by atoms with Crippen molar-refractivity contribution < 1.29 is 28.6 Å². The highest BCUT2D eigenvalue weighted by atomic mass is 16.6. The Bertz CT molecular complexity index is 1400. The molecule has 0 spiro atoms. The molecule has 0 aliphatic carbocycles. The number of carbonyl (C=O) groups is 3. The van der Waals surface area contributed by atoms with Gasteiger partial charge in [0.15, 0.2) is 6.10 Å². The molecule has 0 saturated carbocycles. The second kappa shape index (κ2) is 69.9. The SMILES string of the molecule is CCCCC/C=C\C/C=C\CCCCCCCC(=O)OCC(COC(=O)CCCCCCCCCCCCCCCCC/C=C\C/C=C\CCCCCCC)OC(=O)CCCCCCCCCCCCCCCCCCCCCCC. The van der Waals surface area contributed by atoms with Gasteiger partial charge in [-0.1, -0.05) is 339 Å². The Hall–Kier alpha value is -2.63. The van der Waals surface area contributed by atoms with Crippen molar-refractivity contribution in [3.05, 3.63) is 48.6 Å². The first-order valence-corrected chi connectivity index (χ1v) is 36.1. The summed E-state index contributed by atoms with van der Waals surface area (Å²) in [4.78, 5) is 38.5. The minimum absolute atomic E-state index is 0.0729. The molecule has 0 N–H and O–H groups in total. The zero-order valence-corrected chi connectivity index (χ0v) is 54.6. The lowest BCUT2D eigenvalue weighted by molar-refractivity contribution is -0.167. The van der Waals surface area contributed by atoms with E-state index in [0.29, 0.717) is 19.3 Å². The first-order valence-electron chi connectivity index (χ1n) is 36.1. The Kier molecular flexibility index (Phi) is 67.6. The molecule has 6 nitrogen and oxygen atoms in total. The van der Waals surface area contributed by atoms with Crippen LogP contribution in [0, 0.1) is 0 Å². The minimum Gasteiger partial charge on any atom is -0.462 e. The summed E-state index contributed by atoms with van der Waals surface area (Å²) >= 11 is 0. The molecule has 0 amide bonds. The number of ether oxygens (including phenoxy) is 3. The molecule has 0 aliphatic heterocycles. The van der Waals surface area contributed by atoms with E-state index in [1.165, 1.54) is 270 Å². The molecule has 0 radical (unpaired) electrons. The lowest BCUT2D eigenvalue weighted by Gasteiger charge is -2.18. The highest BCUT2D eigenvalue weighted by Crippen LogP contribution is 2.18. The topological polar surface area (TPSA) is 78.9 Å². The van der Waals surface area contributed by atoms with Gasteiger partial charge in [-0.3, -0.25) is 14.4 Å². The van der Waals surface area contributed by atoms with Crippen LogP contribution in [-0.4, -0.2) is 37.2 Å². The van der Waals surface area contributed by atoms with Crippen LogP contribution in [-0.2, 0) is 28.6 Å². The van der Waals surface area contributed by atoms with Crippen molar-refractivity contribution in [3.8, 4) is 0 Å². The highest BCUT2D eigenvalue weighted by Gasteiger charge is 2.19. The molecule has 0 bridgehead atoms. The van der Waals surface area contributed by atoms with E-state index in [1.54, 1.807) is 0 Å². The fraction of sp³-hybridized carbons (Fsp3) is 0.853. The molecule has 0 saturated heterocycles. The summed E-state index contributed by atoms with van der Waals surface area (Å²) in [5.74, 6) is -0.859. The summed E-state index contributed by atoms with van der Waals surface area (Å²) in [6.45, 7) is 6.67. The average molecular weight is 1140 g/mol. The average Bonchev–Trinajstić information content (AvgIpc) is 3.47. The first-order chi connectivity index (χ1) is 40.0. The second-order valence-corrected chi connectivity index (χ2v) is 24.5. The summed E-state index contributed by atoms with van der Waals surface area (Å²) in [5, 5.41) is 0. The zero-order valence-electron chi connectivity index (χ0n) is 54.6. The second-order valence-electron chi connectivity index (χ2n) is 24.5. The van der Waals surface area contributed by atoms with Gasteiger partial charge in [-0.25, -0.2) is 0 Å². The molecular formula is C75H138O6. The fourth-order valence-electron chi connectivity index (χ4n) is 10.9. The maximum Gasteiger partial charge on any atom is 0.306 e. The normalized spacial score (nSPS) is 12.3.